The van der Waals surface area contributed by atoms with Crippen LogP contribution in [0, 0.1) is 5.82 Å². The predicted octanol–water partition coefficient (Wildman–Crippen LogP) is 3.82. The molecule has 1 fully saturated rings. The van der Waals surface area contributed by atoms with Crippen molar-refractivity contribution in [1.82, 2.24) is 0 Å². The van der Waals surface area contributed by atoms with Crippen LogP contribution in [-0.4, -0.2) is 6.54 Å². The summed E-state index contributed by atoms with van der Waals surface area (Å²) in [6, 6.07) is 15.1. The first kappa shape index (κ1) is 13.1. The van der Waals surface area contributed by atoms with Crippen LogP contribution in [0.25, 0.3) is 0 Å². The van der Waals surface area contributed by atoms with E-state index in [1.54, 1.807) is 12.1 Å². The van der Waals surface area contributed by atoms with Gasteiger partial charge in [0.15, 0.2) is 0 Å². The lowest BCUT2D eigenvalue weighted by atomic mass is 10.0. The van der Waals surface area contributed by atoms with E-state index in [1.807, 2.05) is 0 Å². The average molecular weight is 270 g/mol. The van der Waals surface area contributed by atoms with Crippen molar-refractivity contribution in [3.63, 3.8) is 0 Å². The van der Waals surface area contributed by atoms with Crippen molar-refractivity contribution in [3.05, 3.63) is 65.5 Å². The fourth-order valence-corrected chi connectivity index (χ4v) is 2.47. The number of hydrogen-bond acceptors (Lipinski definition) is 2. The first-order valence-electron chi connectivity index (χ1n) is 7.08. The van der Waals surface area contributed by atoms with Crippen molar-refractivity contribution in [2.75, 3.05) is 11.9 Å². The first-order valence-corrected chi connectivity index (χ1v) is 7.08. The first-order chi connectivity index (χ1) is 9.76. The molecule has 2 nitrogen and oxygen atoms in total. The maximum absolute atomic E-state index is 12.9. The van der Waals surface area contributed by atoms with Gasteiger partial charge >= 0.3 is 0 Å². The van der Waals surface area contributed by atoms with E-state index in [9.17, 15) is 4.39 Å². The monoisotopic (exact) mass is 270 g/mol. The van der Waals surface area contributed by atoms with Gasteiger partial charge in [-0.1, -0.05) is 24.3 Å². The van der Waals surface area contributed by atoms with Gasteiger partial charge in [0.1, 0.15) is 5.82 Å². The molecule has 0 bridgehead atoms. The van der Waals surface area contributed by atoms with Crippen molar-refractivity contribution < 1.29 is 4.39 Å². The molecule has 0 amide bonds. The zero-order chi connectivity index (χ0) is 13.9. The third kappa shape index (κ3) is 2.99. The van der Waals surface area contributed by atoms with E-state index in [0.717, 1.165) is 11.6 Å². The molecular formula is C17H19FN2. The Hall–Kier alpha value is -1.87. The minimum Gasteiger partial charge on any atom is -0.377 e. The van der Waals surface area contributed by atoms with Gasteiger partial charge in [0.05, 0.1) is 6.04 Å². The number of anilines is 1. The highest BCUT2D eigenvalue weighted by atomic mass is 19.1. The quantitative estimate of drug-likeness (QED) is 0.867. The standard InChI is InChI=1S/C17H19FN2/c18-15-6-8-16(9-7-15)20-17(11-19)14-3-1-2-13(10-14)12-4-5-12/h1-3,6-10,12,17,20H,4-5,11,19H2. The maximum atomic E-state index is 12.9. The molecular weight excluding hydrogens is 251 g/mol. The molecule has 0 heterocycles. The molecule has 1 saturated carbocycles. The summed E-state index contributed by atoms with van der Waals surface area (Å²) in [5.74, 6) is 0.509. The summed E-state index contributed by atoms with van der Waals surface area (Å²) in [4.78, 5) is 0. The summed E-state index contributed by atoms with van der Waals surface area (Å²) >= 11 is 0. The van der Waals surface area contributed by atoms with E-state index in [-0.39, 0.29) is 11.9 Å². The summed E-state index contributed by atoms with van der Waals surface area (Å²) in [7, 11) is 0. The highest BCUT2D eigenvalue weighted by molar-refractivity contribution is 5.46. The van der Waals surface area contributed by atoms with E-state index in [0.29, 0.717) is 6.54 Å². The van der Waals surface area contributed by atoms with Crippen LogP contribution in [0.4, 0.5) is 10.1 Å². The van der Waals surface area contributed by atoms with Gasteiger partial charge in [-0.3, -0.25) is 0 Å². The van der Waals surface area contributed by atoms with Crippen molar-refractivity contribution in [3.8, 4) is 0 Å². The second-order valence-corrected chi connectivity index (χ2v) is 5.38. The third-order valence-corrected chi connectivity index (χ3v) is 3.78. The molecule has 1 aliphatic carbocycles. The van der Waals surface area contributed by atoms with Crippen LogP contribution in [0.1, 0.15) is 35.9 Å². The molecule has 1 unspecified atom stereocenters. The molecule has 3 rings (SSSR count). The van der Waals surface area contributed by atoms with Crippen LogP contribution in [0.3, 0.4) is 0 Å². The largest absolute Gasteiger partial charge is 0.377 e. The molecule has 0 aliphatic heterocycles. The van der Waals surface area contributed by atoms with Crippen LogP contribution < -0.4 is 11.1 Å². The van der Waals surface area contributed by atoms with Gasteiger partial charge in [-0.25, -0.2) is 4.39 Å². The van der Waals surface area contributed by atoms with Gasteiger partial charge in [0, 0.05) is 12.2 Å². The summed E-state index contributed by atoms with van der Waals surface area (Å²) in [5, 5.41) is 3.37. The van der Waals surface area contributed by atoms with Crippen LogP contribution in [-0.2, 0) is 0 Å². The zero-order valence-electron chi connectivity index (χ0n) is 11.4. The van der Waals surface area contributed by atoms with E-state index in [4.69, 9.17) is 5.73 Å². The molecule has 104 valence electrons. The Kier molecular flexibility index (Phi) is 3.70. The minimum absolute atomic E-state index is 0.0548. The summed E-state index contributed by atoms with van der Waals surface area (Å²) in [6.07, 6.45) is 2.59. The fraction of sp³-hybridized carbons (Fsp3) is 0.294. The SMILES string of the molecule is NCC(Nc1ccc(F)cc1)c1cccc(C2CC2)c1. The van der Waals surface area contributed by atoms with E-state index in [1.165, 1.54) is 36.1 Å². The van der Waals surface area contributed by atoms with Crippen LogP contribution in [0.2, 0.25) is 0 Å². The third-order valence-electron chi connectivity index (χ3n) is 3.78. The second-order valence-electron chi connectivity index (χ2n) is 5.38. The van der Waals surface area contributed by atoms with E-state index in [2.05, 4.69) is 29.6 Å². The molecule has 3 heteroatoms. The van der Waals surface area contributed by atoms with Crippen LogP contribution in [0.15, 0.2) is 48.5 Å². The Bertz CT molecular complexity index is 576. The Morgan fingerprint density at radius 3 is 2.55 bits per heavy atom. The topological polar surface area (TPSA) is 38.0 Å². The molecule has 1 aliphatic rings. The normalized spacial score (nSPS) is 15.9. The average Bonchev–Trinajstić information content (AvgIpc) is 3.31. The van der Waals surface area contributed by atoms with Gasteiger partial charge in [-0.2, -0.15) is 0 Å². The smallest absolute Gasteiger partial charge is 0.123 e. The van der Waals surface area contributed by atoms with Crippen LogP contribution in [0.5, 0.6) is 0 Å². The van der Waals surface area contributed by atoms with Gasteiger partial charge < -0.3 is 11.1 Å². The Balaban J connectivity index is 1.78. The summed E-state index contributed by atoms with van der Waals surface area (Å²) < 4.78 is 12.9. The molecule has 0 spiro atoms. The summed E-state index contributed by atoms with van der Waals surface area (Å²) in [6.45, 7) is 0.505. The lowest BCUT2D eigenvalue weighted by Crippen LogP contribution is -2.20. The summed E-state index contributed by atoms with van der Waals surface area (Å²) in [5.41, 5.74) is 9.38. The van der Waals surface area contributed by atoms with Gasteiger partial charge in [-0.15, -0.1) is 0 Å². The Labute approximate surface area is 118 Å². The van der Waals surface area contributed by atoms with Gasteiger partial charge in [0.25, 0.3) is 0 Å². The number of nitrogens with one attached hydrogen (secondary N) is 1. The molecule has 2 aromatic carbocycles. The highest BCUT2D eigenvalue weighted by Crippen LogP contribution is 2.40. The maximum Gasteiger partial charge on any atom is 0.123 e. The molecule has 3 N–H and O–H groups in total. The predicted molar refractivity (Wildman–Crippen MR) is 80.2 cm³/mol. The van der Waals surface area contributed by atoms with E-state index >= 15 is 0 Å². The highest BCUT2D eigenvalue weighted by Gasteiger charge is 2.24. The van der Waals surface area contributed by atoms with Crippen molar-refractivity contribution in [2.24, 2.45) is 5.73 Å². The fourth-order valence-electron chi connectivity index (χ4n) is 2.47. The van der Waals surface area contributed by atoms with Crippen molar-refractivity contribution >= 4 is 5.69 Å². The lowest BCUT2D eigenvalue weighted by molar-refractivity contribution is 0.628. The van der Waals surface area contributed by atoms with Crippen molar-refractivity contribution in [1.29, 1.82) is 0 Å². The molecule has 20 heavy (non-hydrogen) atoms. The molecule has 0 radical (unpaired) electrons. The number of nitrogens with two attached hydrogens (primary N) is 1. The zero-order valence-corrected chi connectivity index (χ0v) is 11.4. The number of hydrogen-bond donors (Lipinski definition) is 2. The van der Waals surface area contributed by atoms with Crippen molar-refractivity contribution in [2.45, 2.75) is 24.8 Å². The second kappa shape index (κ2) is 5.63. The van der Waals surface area contributed by atoms with E-state index < -0.39 is 0 Å². The molecule has 1 atom stereocenters. The molecule has 0 saturated heterocycles. The lowest BCUT2D eigenvalue weighted by Gasteiger charge is -2.19. The number of benzene rings is 2. The molecule has 2 aromatic rings. The Morgan fingerprint density at radius 1 is 1.15 bits per heavy atom. The van der Waals surface area contributed by atoms with Gasteiger partial charge in [0.2, 0.25) is 0 Å². The number of halogens is 1. The Morgan fingerprint density at radius 2 is 1.90 bits per heavy atom. The van der Waals surface area contributed by atoms with Gasteiger partial charge in [-0.05, 0) is 54.2 Å². The molecule has 0 aromatic heterocycles. The number of rotatable bonds is 5. The minimum atomic E-state index is -0.226. The van der Waals surface area contributed by atoms with Crippen LogP contribution >= 0.6 is 0 Å².